The minimum Gasteiger partial charge on any atom is -0.496 e. The molecule has 3 aromatic rings. The highest BCUT2D eigenvalue weighted by Gasteiger charge is 2.29. The number of methoxy groups -OCH3 is 1. The van der Waals surface area contributed by atoms with E-state index in [-0.39, 0.29) is 0 Å². The zero-order valence-corrected chi connectivity index (χ0v) is 14.2. The number of alkyl halides is 3. The molecule has 0 atom stereocenters. The number of hydrogen-bond donors (Lipinski definition) is 0. The Morgan fingerprint density at radius 1 is 1.04 bits per heavy atom. The van der Waals surface area contributed by atoms with Crippen LogP contribution in [-0.4, -0.2) is 17.3 Å². The summed E-state index contributed by atoms with van der Waals surface area (Å²) in [6.45, 7) is 1.71. The van der Waals surface area contributed by atoms with Gasteiger partial charge in [-0.15, -0.1) is 10.2 Å². The average molecular weight is 361 g/mol. The summed E-state index contributed by atoms with van der Waals surface area (Å²) < 4.78 is 48.8. The van der Waals surface area contributed by atoms with Crippen molar-refractivity contribution in [3.8, 4) is 16.9 Å². The molecular formula is C19H16F3N2O2. The maximum atomic E-state index is 12.7. The lowest BCUT2D eigenvalue weighted by Crippen LogP contribution is -2.04. The fraction of sp³-hybridized carbons (Fsp3) is 0.211. The zero-order chi connectivity index (χ0) is 18.7. The van der Waals surface area contributed by atoms with E-state index in [1.807, 2.05) is 12.5 Å². The van der Waals surface area contributed by atoms with E-state index in [1.165, 1.54) is 12.1 Å². The van der Waals surface area contributed by atoms with Crippen LogP contribution in [0.2, 0.25) is 0 Å². The summed E-state index contributed by atoms with van der Waals surface area (Å²) in [5.74, 6) is 1.61. The number of benzene rings is 2. The predicted molar refractivity (Wildman–Crippen MR) is 89.6 cm³/mol. The number of nitrogens with zero attached hydrogens (tertiary/aromatic N) is 2. The molecule has 0 unspecified atom stereocenters. The van der Waals surface area contributed by atoms with Crippen molar-refractivity contribution in [2.75, 3.05) is 7.11 Å². The van der Waals surface area contributed by atoms with Gasteiger partial charge >= 0.3 is 6.18 Å². The molecule has 3 rings (SSSR count). The molecular weight excluding hydrogens is 345 g/mol. The highest BCUT2D eigenvalue weighted by Crippen LogP contribution is 2.32. The topological polar surface area (TPSA) is 48.2 Å². The lowest BCUT2D eigenvalue weighted by atomic mass is 9.99. The van der Waals surface area contributed by atoms with E-state index < -0.39 is 11.7 Å². The van der Waals surface area contributed by atoms with E-state index in [9.17, 15) is 13.2 Å². The first-order chi connectivity index (χ1) is 12.4. The number of aromatic nitrogens is 2. The van der Waals surface area contributed by atoms with Gasteiger partial charge in [0.05, 0.1) is 12.7 Å². The first-order valence-corrected chi connectivity index (χ1v) is 7.84. The van der Waals surface area contributed by atoms with E-state index in [4.69, 9.17) is 9.15 Å². The molecule has 0 fully saturated rings. The van der Waals surface area contributed by atoms with Gasteiger partial charge in [-0.2, -0.15) is 13.2 Å². The Hall–Kier alpha value is -2.83. The molecule has 1 radical (unpaired) electrons. The summed E-state index contributed by atoms with van der Waals surface area (Å²) in [4.78, 5) is 0. The molecule has 7 heteroatoms. The largest absolute Gasteiger partial charge is 0.496 e. The SMILES string of the molecule is COc1ccc(-c2ccc(C(F)(F)F)cc2)cc1[CH]Cc1nnc(C)o1. The number of ether oxygens (including phenoxy) is 1. The van der Waals surface area contributed by atoms with Crippen LogP contribution in [0.15, 0.2) is 46.9 Å². The molecule has 2 aromatic carbocycles. The summed E-state index contributed by atoms with van der Waals surface area (Å²) in [5, 5.41) is 7.71. The van der Waals surface area contributed by atoms with Crippen molar-refractivity contribution in [1.29, 1.82) is 0 Å². The second-order valence-electron chi connectivity index (χ2n) is 5.65. The molecule has 0 saturated carbocycles. The molecule has 4 nitrogen and oxygen atoms in total. The van der Waals surface area contributed by atoms with Crippen LogP contribution >= 0.6 is 0 Å². The van der Waals surface area contributed by atoms with E-state index >= 15 is 0 Å². The molecule has 0 bridgehead atoms. The Balaban J connectivity index is 1.84. The third-order valence-electron chi connectivity index (χ3n) is 3.84. The van der Waals surface area contributed by atoms with Gasteiger partial charge in [-0.05, 0) is 41.0 Å². The number of hydrogen-bond acceptors (Lipinski definition) is 4. The molecule has 1 heterocycles. The van der Waals surface area contributed by atoms with Gasteiger partial charge in [0.2, 0.25) is 11.8 Å². The summed E-state index contributed by atoms with van der Waals surface area (Å²) in [5.41, 5.74) is 1.59. The Kier molecular flexibility index (Phi) is 4.97. The molecule has 0 aliphatic heterocycles. The lowest BCUT2D eigenvalue weighted by Gasteiger charge is -2.11. The first-order valence-electron chi connectivity index (χ1n) is 7.84. The highest BCUT2D eigenvalue weighted by atomic mass is 19.4. The monoisotopic (exact) mass is 361 g/mol. The van der Waals surface area contributed by atoms with Crippen LogP contribution in [0.4, 0.5) is 13.2 Å². The third-order valence-corrected chi connectivity index (χ3v) is 3.84. The Morgan fingerprint density at radius 2 is 1.73 bits per heavy atom. The molecule has 0 aliphatic carbocycles. The van der Waals surface area contributed by atoms with Gasteiger partial charge in [0.15, 0.2) is 0 Å². The van der Waals surface area contributed by atoms with Gasteiger partial charge < -0.3 is 9.15 Å². The summed E-state index contributed by atoms with van der Waals surface area (Å²) in [6.07, 6.45) is -2.05. The van der Waals surface area contributed by atoms with Crippen LogP contribution in [0.3, 0.4) is 0 Å². The second kappa shape index (κ2) is 7.19. The Bertz CT molecular complexity index is 887. The van der Waals surface area contributed by atoms with Gasteiger partial charge in [0, 0.05) is 19.8 Å². The molecule has 0 saturated heterocycles. The quantitative estimate of drug-likeness (QED) is 0.651. The van der Waals surface area contributed by atoms with Gasteiger partial charge in [-0.1, -0.05) is 18.2 Å². The van der Waals surface area contributed by atoms with Crippen LogP contribution in [0.25, 0.3) is 11.1 Å². The van der Waals surface area contributed by atoms with E-state index in [1.54, 1.807) is 26.2 Å². The van der Waals surface area contributed by atoms with Crippen LogP contribution in [0.1, 0.15) is 22.9 Å². The van der Waals surface area contributed by atoms with Crippen LogP contribution in [0, 0.1) is 13.3 Å². The van der Waals surface area contributed by atoms with Gasteiger partial charge in [-0.3, -0.25) is 0 Å². The highest BCUT2D eigenvalue weighted by molar-refractivity contribution is 5.67. The maximum absolute atomic E-state index is 12.7. The van der Waals surface area contributed by atoms with Crippen molar-refractivity contribution in [1.82, 2.24) is 10.2 Å². The first kappa shape index (κ1) is 18.0. The minimum atomic E-state index is -4.35. The smallest absolute Gasteiger partial charge is 0.416 e. The number of halogens is 3. The van der Waals surface area contributed by atoms with Crippen molar-refractivity contribution in [2.24, 2.45) is 0 Å². The van der Waals surface area contributed by atoms with Crippen molar-refractivity contribution in [3.63, 3.8) is 0 Å². The van der Waals surface area contributed by atoms with Gasteiger partial charge in [0.1, 0.15) is 5.75 Å². The third kappa shape index (κ3) is 4.04. The second-order valence-corrected chi connectivity index (χ2v) is 5.65. The van der Waals surface area contributed by atoms with Crippen LogP contribution < -0.4 is 4.74 Å². The number of aryl methyl sites for hydroxylation is 1. The lowest BCUT2D eigenvalue weighted by molar-refractivity contribution is -0.137. The summed E-state index contributed by atoms with van der Waals surface area (Å²) in [7, 11) is 1.56. The van der Waals surface area contributed by atoms with Crippen molar-refractivity contribution in [2.45, 2.75) is 19.5 Å². The molecule has 135 valence electrons. The molecule has 26 heavy (non-hydrogen) atoms. The molecule has 1 aromatic heterocycles. The summed E-state index contributed by atoms with van der Waals surface area (Å²) in [6, 6.07) is 10.5. The molecule has 0 aliphatic rings. The molecule has 0 spiro atoms. The number of rotatable bonds is 5. The normalized spacial score (nSPS) is 11.6. The average Bonchev–Trinajstić information content (AvgIpc) is 3.04. The minimum absolute atomic E-state index is 0.424. The maximum Gasteiger partial charge on any atom is 0.416 e. The summed E-state index contributed by atoms with van der Waals surface area (Å²) >= 11 is 0. The van der Waals surface area contributed by atoms with Gasteiger partial charge in [-0.25, -0.2) is 0 Å². The molecule has 0 N–H and O–H groups in total. The fourth-order valence-corrected chi connectivity index (χ4v) is 2.54. The van der Waals surface area contributed by atoms with Crippen molar-refractivity contribution < 1.29 is 22.3 Å². The van der Waals surface area contributed by atoms with Crippen LogP contribution in [0.5, 0.6) is 5.75 Å². The van der Waals surface area contributed by atoms with Crippen molar-refractivity contribution >= 4 is 0 Å². The van der Waals surface area contributed by atoms with E-state index in [0.29, 0.717) is 29.5 Å². The standard InChI is InChI=1S/C19H16F3N2O2/c1-12-23-24-18(26-12)10-6-15-11-14(5-9-17(15)25-2)13-3-7-16(8-4-13)19(20,21)22/h3-9,11H,10H2,1-2H3. The van der Waals surface area contributed by atoms with Crippen molar-refractivity contribution in [3.05, 3.63) is 71.8 Å². The predicted octanol–water partition coefficient (Wildman–Crippen LogP) is 4.87. The van der Waals surface area contributed by atoms with E-state index in [0.717, 1.165) is 23.3 Å². The molecule has 0 amide bonds. The van der Waals surface area contributed by atoms with E-state index in [2.05, 4.69) is 10.2 Å². The fourth-order valence-electron chi connectivity index (χ4n) is 2.54. The zero-order valence-electron chi connectivity index (χ0n) is 14.2. The van der Waals surface area contributed by atoms with Gasteiger partial charge in [0.25, 0.3) is 0 Å². The Labute approximate surface area is 148 Å². The Morgan fingerprint density at radius 3 is 2.31 bits per heavy atom. The van der Waals surface area contributed by atoms with Crippen LogP contribution in [-0.2, 0) is 12.6 Å².